The van der Waals surface area contributed by atoms with E-state index >= 15 is 0 Å². The number of hydrogen-bond donors (Lipinski definition) is 1. The van der Waals surface area contributed by atoms with Crippen molar-refractivity contribution in [3.63, 3.8) is 0 Å². The molecule has 0 saturated carbocycles. The van der Waals surface area contributed by atoms with Crippen LogP contribution in [0.2, 0.25) is 0 Å². The zero-order valence-corrected chi connectivity index (χ0v) is 12.4. The fourth-order valence-electron chi connectivity index (χ4n) is 1.81. The highest BCUT2D eigenvalue weighted by Gasteiger charge is 2.50. The molecule has 0 aromatic carbocycles. The Bertz CT molecular complexity index is 414. The van der Waals surface area contributed by atoms with Crippen LogP contribution in [0.1, 0.15) is 41.0 Å². The van der Waals surface area contributed by atoms with Crippen LogP contribution < -0.4 is 0 Å². The Kier molecular flexibility index (Phi) is 4.88. The van der Waals surface area contributed by atoms with Crippen LogP contribution in [0.3, 0.4) is 0 Å². The third-order valence-corrected chi connectivity index (χ3v) is 2.76. The third-order valence-electron chi connectivity index (χ3n) is 2.76. The van der Waals surface area contributed by atoms with Crippen LogP contribution >= 0.6 is 0 Å². The lowest BCUT2D eigenvalue weighted by molar-refractivity contribution is -0.165. The van der Waals surface area contributed by atoms with Crippen LogP contribution in [0.4, 0.5) is 4.79 Å². The van der Waals surface area contributed by atoms with Gasteiger partial charge in [0.2, 0.25) is 0 Å². The number of aliphatic hydroxyl groups is 1. The average Bonchev–Trinajstić information content (AvgIpc) is 2.63. The Morgan fingerprint density at radius 1 is 1.45 bits per heavy atom. The van der Waals surface area contributed by atoms with E-state index in [-0.39, 0.29) is 0 Å². The van der Waals surface area contributed by atoms with E-state index in [9.17, 15) is 19.5 Å². The number of Topliss-reactive ketones (excluding diaryl/α,β-unsaturated/α-hetero) is 2. The molecular formula is C13H21NO6. The second kappa shape index (κ2) is 5.88. The molecule has 0 aromatic rings. The zero-order valence-electron chi connectivity index (χ0n) is 12.4. The number of ketones is 2. The molecule has 0 spiro atoms. The summed E-state index contributed by atoms with van der Waals surface area (Å²) < 4.78 is 5.11. The molecule has 1 aliphatic rings. The molecule has 114 valence electrons. The molecular weight excluding hydrogens is 266 g/mol. The molecule has 0 aromatic heterocycles. The number of carbonyl (C=O) groups is 3. The van der Waals surface area contributed by atoms with Gasteiger partial charge >= 0.3 is 6.09 Å². The first kappa shape index (κ1) is 16.6. The predicted molar refractivity (Wildman–Crippen MR) is 68.7 cm³/mol. The van der Waals surface area contributed by atoms with E-state index in [1.54, 1.807) is 27.7 Å². The molecule has 1 aliphatic heterocycles. The Hall–Kier alpha value is -1.47. The molecule has 0 radical (unpaired) electrons. The molecule has 1 saturated heterocycles. The van der Waals surface area contributed by atoms with Crippen LogP contribution in [0.5, 0.6) is 0 Å². The first-order valence-corrected chi connectivity index (χ1v) is 6.49. The Balaban J connectivity index is 2.99. The van der Waals surface area contributed by atoms with Crippen molar-refractivity contribution >= 4 is 17.7 Å². The molecule has 0 unspecified atom stereocenters. The highest BCUT2D eigenvalue weighted by molar-refractivity contribution is 5.98. The lowest BCUT2D eigenvalue weighted by Crippen LogP contribution is -2.49. The van der Waals surface area contributed by atoms with Gasteiger partial charge in [0.25, 0.3) is 0 Å². The van der Waals surface area contributed by atoms with Crippen LogP contribution in [-0.4, -0.2) is 51.7 Å². The minimum Gasteiger partial charge on any atom is -0.442 e. The SMILES string of the molecule is CC[C@H]1ON(C(=O)OC(C)(C)C)[C@@H]([C@@H](O)C(C)=O)C1=O. The van der Waals surface area contributed by atoms with Gasteiger partial charge in [0.1, 0.15) is 17.8 Å². The van der Waals surface area contributed by atoms with Gasteiger partial charge in [-0.2, -0.15) is 5.06 Å². The fourth-order valence-corrected chi connectivity index (χ4v) is 1.81. The second-order valence-electron chi connectivity index (χ2n) is 5.71. The van der Waals surface area contributed by atoms with Gasteiger partial charge in [-0.25, -0.2) is 4.79 Å². The van der Waals surface area contributed by atoms with Gasteiger partial charge < -0.3 is 9.84 Å². The summed E-state index contributed by atoms with van der Waals surface area (Å²) in [6.07, 6.45) is -3.04. The van der Waals surface area contributed by atoms with Crippen molar-refractivity contribution in [2.75, 3.05) is 0 Å². The molecule has 7 nitrogen and oxygen atoms in total. The van der Waals surface area contributed by atoms with Gasteiger partial charge in [-0.3, -0.25) is 14.4 Å². The fraction of sp³-hybridized carbons (Fsp3) is 0.769. The molecule has 7 heteroatoms. The molecule has 1 heterocycles. The lowest BCUT2D eigenvalue weighted by atomic mass is 10.00. The van der Waals surface area contributed by atoms with Gasteiger partial charge in [0.15, 0.2) is 17.6 Å². The summed E-state index contributed by atoms with van der Waals surface area (Å²) in [6.45, 7) is 7.84. The molecule has 20 heavy (non-hydrogen) atoms. The summed E-state index contributed by atoms with van der Waals surface area (Å²) in [5.41, 5.74) is -0.778. The Labute approximate surface area is 117 Å². The maximum absolute atomic E-state index is 12.1. The summed E-state index contributed by atoms with van der Waals surface area (Å²) in [4.78, 5) is 40.6. The van der Waals surface area contributed by atoms with E-state index in [0.29, 0.717) is 11.5 Å². The number of aliphatic hydroxyl groups excluding tert-OH is 1. The topological polar surface area (TPSA) is 93.1 Å². The smallest absolute Gasteiger partial charge is 0.435 e. The maximum Gasteiger partial charge on any atom is 0.435 e. The maximum atomic E-state index is 12.1. The molecule has 1 fully saturated rings. The van der Waals surface area contributed by atoms with Crippen molar-refractivity contribution in [3.8, 4) is 0 Å². The van der Waals surface area contributed by atoms with E-state index in [2.05, 4.69) is 0 Å². The normalized spacial score (nSPS) is 24.7. The monoisotopic (exact) mass is 287 g/mol. The molecule has 1 rings (SSSR count). The Morgan fingerprint density at radius 3 is 2.40 bits per heavy atom. The summed E-state index contributed by atoms with van der Waals surface area (Å²) in [5, 5.41) is 10.5. The first-order chi connectivity index (χ1) is 9.08. The van der Waals surface area contributed by atoms with E-state index in [4.69, 9.17) is 9.57 Å². The van der Waals surface area contributed by atoms with Gasteiger partial charge in [-0.1, -0.05) is 6.92 Å². The molecule has 0 bridgehead atoms. The van der Waals surface area contributed by atoms with Crippen LogP contribution in [0, 0.1) is 0 Å². The van der Waals surface area contributed by atoms with Gasteiger partial charge in [-0.15, -0.1) is 0 Å². The number of hydrogen-bond acceptors (Lipinski definition) is 6. The number of carbonyl (C=O) groups excluding carboxylic acids is 3. The quantitative estimate of drug-likeness (QED) is 0.826. The summed E-state index contributed by atoms with van der Waals surface area (Å²) >= 11 is 0. The minimum atomic E-state index is -1.62. The van der Waals surface area contributed by atoms with Crippen molar-refractivity contribution in [2.45, 2.75) is 64.9 Å². The minimum absolute atomic E-state index is 0.333. The van der Waals surface area contributed by atoms with Crippen LogP contribution in [0.25, 0.3) is 0 Å². The number of amides is 1. The van der Waals surface area contributed by atoms with Gasteiger partial charge in [0.05, 0.1) is 0 Å². The number of hydroxylamine groups is 2. The highest BCUT2D eigenvalue weighted by Crippen LogP contribution is 2.25. The van der Waals surface area contributed by atoms with Crippen LogP contribution in [-0.2, 0) is 19.2 Å². The Morgan fingerprint density at radius 2 is 2.00 bits per heavy atom. The summed E-state index contributed by atoms with van der Waals surface area (Å²) in [5.74, 6) is -1.11. The van der Waals surface area contributed by atoms with E-state index < -0.39 is 41.5 Å². The predicted octanol–water partition coefficient (Wildman–Crippen LogP) is 0.835. The summed E-state index contributed by atoms with van der Waals surface area (Å²) in [7, 11) is 0. The van der Waals surface area contributed by atoms with Crippen molar-refractivity contribution in [1.29, 1.82) is 0 Å². The number of ether oxygens (including phenoxy) is 1. The zero-order chi connectivity index (χ0) is 15.7. The van der Waals surface area contributed by atoms with Crippen molar-refractivity contribution in [3.05, 3.63) is 0 Å². The first-order valence-electron chi connectivity index (χ1n) is 6.49. The number of rotatable bonds is 3. The van der Waals surface area contributed by atoms with E-state index in [1.807, 2.05) is 0 Å². The van der Waals surface area contributed by atoms with E-state index in [1.165, 1.54) is 0 Å². The summed E-state index contributed by atoms with van der Waals surface area (Å²) in [6, 6.07) is -1.35. The highest BCUT2D eigenvalue weighted by atomic mass is 16.7. The van der Waals surface area contributed by atoms with Crippen molar-refractivity contribution in [2.24, 2.45) is 0 Å². The molecule has 1 amide bonds. The van der Waals surface area contributed by atoms with E-state index in [0.717, 1.165) is 6.92 Å². The average molecular weight is 287 g/mol. The number of nitrogens with zero attached hydrogens (tertiary/aromatic N) is 1. The molecule has 1 N–H and O–H groups in total. The van der Waals surface area contributed by atoms with Crippen LogP contribution in [0.15, 0.2) is 0 Å². The van der Waals surface area contributed by atoms with Gasteiger partial charge in [0, 0.05) is 0 Å². The standard InChI is InChI=1S/C13H21NO6/c1-6-8-11(17)9(10(16)7(2)15)14(20-8)12(18)19-13(3,4)5/h8-10,16H,6H2,1-5H3/t8-,9+,10+/m1/s1. The third kappa shape index (κ3) is 3.55. The molecule has 3 atom stereocenters. The molecule has 0 aliphatic carbocycles. The van der Waals surface area contributed by atoms with Gasteiger partial charge in [-0.05, 0) is 34.1 Å². The lowest BCUT2D eigenvalue weighted by Gasteiger charge is -2.27. The largest absolute Gasteiger partial charge is 0.442 e. The second-order valence-corrected chi connectivity index (χ2v) is 5.71. The van der Waals surface area contributed by atoms with Crippen molar-refractivity contribution in [1.82, 2.24) is 5.06 Å². The van der Waals surface area contributed by atoms with Crippen molar-refractivity contribution < 1.29 is 29.1 Å².